The maximum absolute atomic E-state index is 13.4. The van der Waals surface area contributed by atoms with Crippen LogP contribution in [0.25, 0.3) is 5.76 Å². The molecule has 2 heterocycles. The number of hydrogen-bond donors (Lipinski definition) is 1. The normalized spacial score (nSPS) is 20.8. The van der Waals surface area contributed by atoms with E-state index in [-0.39, 0.29) is 5.57 Å². The van der Waals surface area contributed by atoms with E-state index in [1.807, 2.05) is 0 Å². The number of carbonyl (C=O) groups excluding carboxylic acids is 2. The number of amides is 1. The van der Waals surface area contributed by atoms with Crippen LogP contribution >= 0.6 is 0 Å². The van der Waals surface area contributed by atoms with Crippen LogP contribution < -0.4 is 19.5 Å². The molecule has 0 spiro atoms. The average Bonchev–Trinajstić information content (AvgIpc) is 3.12. The maximum Gasteiger partial charge on any atom is 0.295 e. The first-order valence-corrected chi connectivity index (χ1v) is 11.0. The van der Waals surface area contributed by atoms with E-state index in [0.717, 1.165) is 13.1 Å². The zero-order chi connectivity index (χ0) is 23.4. The van der Waals surface area contributed by atoms with E-state index in [0.29, 0.717) is 48.9 Å². The Bertz CT molecular complexity index is 1050. The number of Topliss-reactive ketones (excluding diaryl/α,β-unsaturated/α-hetero) is 1. The first kappa shape index (κ1) is 22.8. The summed E-state index contributed by atoms with van der Waals surface area (Å²) in [6, 6.07) is 12.9. The maximum atomic E-state index is 13.4. The molecule has 2 saturated heterocycles. The minimum Gasteiger partial charge on any atom is -0.872 e. The third-order valence-corrected chi connectivity index (χ3v) is 6.21. The van der Waals surface area contributed by atoms with E-state index < -0.39 is 23.5 Å². The van der Waals surface area contributed by atoms with Gasteiger partial charge in [0.1, 0.15) is 24.6 Å². The van der Waals surface area contributed by atoms with E-state index in [2.05, 4.69) is 0 Å². The molecule has 2 fully saturated rings. The molecule has 1 N–H and O–H groups in total. The third kappa shape index (κ3) is 4.58. The highest BCUT2D eigenvalue weighted by Crippen LogP contribution is 2.42. The lowest BCUT2D eigenvalue weighted by atomic mass is 9.94. The Labute approximate surface area is 193 Å². The fraction of sp³-hybridized carbons (Fsp3) is 0.360. The molecule has 0 aliphatic carbocycles. The molecule has 8 nitrogen and oxygen atoms in total. The summed E-state index contributed by atoms with van der Waals surface area (Å²) in [5.74, 6) is -0.845. The standard InChI is InChI=1S/C25H28N2O6/c1-31-18-8-9-19(20(16-18)32-2)22-21(23(28)17-6-4-3-5-7-17)24(29)25(30)27(22)11-10-26-12-14-33-15-13-26/h3-9,16,22,28H,10-15H2,1-2H3. The second kappa shape index (κ2) is 10.1. The van der Waals surface area contributed by atoms with Crippen molar-refractivity contribution < 1.29 is 33.8 Å². The molecule has 4 rings (SSSR count). The lowest BCUT2D eigenvalue weighted by Gasteiger charge is -2.30. The monoisotopic (exact) mass is 452 g/mol. The Hall–Kier alpha value is -3.36. The molecule has 2 aliphatic rings. The predicted octanol–water partition coefficient (Wildman–Crippen LogP) is -0.157. The number of carbonyl (C=O) groups is 2. The zero-order valence-corrected chi connectivity index (χ0v) is 18.8. The van der Waals surface area contributed by atoms with Gasteiger partial charge in [0.15, 0.2) is 0 Å². The Kier molecular flexibility index (Phi) is 6.96. The SMILES string of the molecule is COc1ccc(C2C(=C([O-])c3ccccc3)C(=O)C(=O)N2CC[NH+]2CCOCC2)c(OC)c1. The van der Waals surface area contributed by atoms with Gasteiger partial charge in [-0.3, -0.25) is 9.59 Å². The zero-order valence-electron chi connectivity index (χ0n) is 18.8. The number of nitrogens with zero attached hydrogens (tertiary/aromatic N) is 1. The number of ketones is 1. The molecule has 1 atom stereocenters. The molecule has 0 saturated carbocycles. The highest BCUT2D eigenvalue weighted by molar-refractivity contribution is 6.46. The Morgan fingerprint density at radius 2 is 1.82 bits per heavy atom. The minimum absolute atomic E-state index is 0.0494. The first-order chi connectivity index (χ1) is 16.0. The average molecular weight is 453 g/mol. The Balaban J connectivity index is 1.79. The Morgan fingerprint density at radius 1 is 1.09 bits per heavy atom. The van der Waals surface area contributed by atoms with Gasteiger partial charge in [-0.15, -0.1) is 0 Å². The molecular weight excluding hydrogens is 424 g/mol. The van der Waals surface area contributed by atoms with Crippen LogP contribution in [0.3, 0.4) is 0 Å². The van der Waals surface area contributed by atoms with Gasteiger partial charge < -0.3 is 29.1 Å². The fourth-order valence-corrected chi connectivity index (χ4v) is 4.40. The summed E-state index contributed by atoms with van der Waals surface area (Å²) in [5, 5.41) is 13.4. The summed E-state index contributed by atoms with van der Waals surface area (Å²) in [5.41, 5.74) is 0.896. The van der Waals surface area contributed by atoms with Crippen LogP contribution in [0.4, 0.5) is 0 Å². The van der Waals surface area contributed by atoms with E-state index in [9.17, 15) is 14.7 Å². The molecular formula is C25H28N2O6. The van der Waals surface area contributed by atoms with Crippen LogP contribution in [0.2, 0.25) is 0 Å². The molecule has 2 aromatic carbocycles. The van der Waals surface area contributed by atoms with Crippen molar-refractivity contribution in [3.8, 4) is 11.5 Å². The third-order valence-electron chi connectivity index (χ3n) is 6.21. The van der Waals surface area contributed by atoms with Crippen LogP contribution in [-0.4, -0.2) is 70.2 Å². The number of rotatable bonds is 7. The molecule has 0 aromatic heterocycles. The number of benzene rings is 2. The molecule has 33 heavy (non-hydrogen) atoms. The van der Waals surface area contributed by atoms with E-state index in [4.69, 9.17) is 14.2 Å². The molecule has 0 radical (unpaired) electrons. The summed E-state index contributed by atoms with van der Waals surface area (Å²) in [6.45, 7) is 4.01. The molecule has 0 bridgehead atoms. The topological polar surface area (TPSA) is 92.6 Å². The van der Waals surface area contributed by atoms with Crippen molar-refractivity contribution >= 4 is 17.4 Å². The lowest BCUT2D eigenvalue weighted by molar-refractivity contribution is -0.907. The number of morpholine rings is 1. The fourth-order valence-electron chi connectivity index (χ4n) is 4.40. The minimum atomic E-state index is -0.834. The summed E-state index contributed by atoms with van der Waals surface area (Å²) >= 11 is 0. The van der Waals surface area contributed by atoms with Crippen LogP contribution in [0, 0.1) is 0 Å². The van der Waals surface area contributed by atoms with Crippen molar-refractivity contribution in [1.29, 1.82) is 0 Å². The quantitative estimate of drug-likeness (QED) is 0.357. The summed E-state index contributed by atoms with van der Waals surface area (Å²) < 4.78 is 16.3. The van der Waals surface area contributed by atoms with Gasteiger partial charge in [-0.05, 0) is 17.7 Å². The second-order valence-electron chi connectivity index (χ2n) is 8.06. The van der Waals surface area contributed by atoms with Crippen LogP contribution in [-0.2, 0) is 14.3 Å². The summed E-state index contributed by atoms with van der Waals surface area (Å²) in [4.78, 5) is 29.1. The van der Waals surface area contributed by atoms with Crippen LogP contribution in [0.5, 0.6) is 11.5 Å². The highest BCUT2D eigenvalue weighted by atomic mass is 16.5. The number of quaternary nitrogens is 1. The van der Waals surface area contributed by atoms with Crippen LogP contribution in [0.15, 0.2) is 54.1 Å². The predicted molar refractivity (Wildman–Crippen MR) is 119 cm³/mol. The van der Waals surface area contributed by atoms with Crippen molar-refractivity contribution in [3.05, 3.63) is 65.2 Å². The molecule has 1 amide bonds. The number of likely N-dealkylation sites (tertiary alicyclic amines) is 1. The molecule has 8 heteroatoms. The number of hydrogen-bond acceptors (Lipinski definition) is 6. The van der Waals surface area contributed by atoms with E-state index in [1.54, 1.807) is 55.6 Å². The first-order valence-electron chi connectivity index (χ1n) is 11.0. The smallest absolute Gasteiger partial charge is 0.295 e. The summed E-state index contributed by atoms with van der Waals surface area (Å²) in [7, 11) is 3.06. The van der Waals surface area contributed by atoms with Crippen molar-refractivity contribution in [2.45, 2.75) is 6.04 Å². The van der Waals surface area contributed by atoms with Crippen LogP contribution in [0.1, 0.15) is 17.2 Å². The molecule has 2 aromatic rings. The van der Waals surface area contributed by atoms with Gasteiger partial charge in [0.25, 0.3) is 5.91 Å². The Morgan fingerprint density at radius 3 is 2.48 bits per heavy atom. The van der Waals surface area contributed by atoms with Gasteiger partial charge >= 0.3 is 0 Å². The van der Waals surface area contributed by atoms with Gasteiger partial charge in [-0.25, -0.2) is 0 Å². The molecule has 174 valence electrons. The van der Waals surface area contributed by atoms with Crippen molar-refractivity contribution in [2.24, 2.45) is 0 Å². The van der Waals surface area contributed by atoms with Gasteiger partial charge in [-0.1, -0.05) is 36.1 Å². The molecule has 1 unspecified atom stereocenters. The second-order valence-corrected chi connectivity index (χ2v) is 8.06. The van der Waals surface area contributed by atoms with Gasteiger partial charge in [0, 0.05) is 17.2 Å². The highest BCUT2D eigenvalue weighted by Gasteiger charge is 2.45. The summed E-state index contributed by atoms with van der Waals surface area (Å²) in [6.07, 6.45) is 0. The number of nitrogens with one attached hydrogen (secondary N) is 1. The van der Waals surface area contributed by atoms with Gasteiger partial charge in [-0.2, -0.15) is 0 Å². The van der Waals surface area contributed by atoms with Crippen molar-refractivity contribution in [2.75, 3.05) is 53.6 Å². The lowest BCUT2D eigenvalue weighted by Crippen LogP contribution is -3.14. The number of ether oxygens (including phenoxy) is 3. The van der Waals surface area contributed by atoms with Crippen molar-refractivity contribution in [3.63, 3.8) is 0 Å². The van der Waals surface area contributed by atoms with Gasteiger partial charge in [0.2, 0.25) is 5.78 Å². The van der Waals surface area contributed by atoms with E-state index in [1.165, 1.54) is 16.9 Å². The number of methoxy groups -OCH3 is 2. The molecule has 2 aliphatic heterocycles. The van der Waals surface area contributed by atoms with Crippen molar-refractivity contribution in [1.82, 2.24) is 4.90 Å². The largest absolute Gasteiger partial charge is 0.872 e. The van der Waals surface area contributed by atoms with Gasteiger partial charge in [0.05, 0.1) is 46.6 Å². The van der Waals surface area contributed by atoms with E-state index >= 15 is 0 Å².